The Bertz CT molecular complexity index is 834. The van der Waals surface area contributed by atoms with Gasteiger partial charge in [0.1, 0.15) is 18.0 Å². The Morgan fingerprint density at radius 3 is 2.18 bits per heavy atom. The minimum absolute atomic E-state index is 0.0857. The number of amides is 2. The summed E-state index contributed by atoms with van der Waals surface area (Å²) in [5, 5.41) is 22.6. The molecule has 0 fully saturated rings. The van der Waals surface area contributed by atoms with Crippen LogP contribution in [0.2, 0.25) is 0 Å². The number of aliphatic carboxylic acids is 2. The molecule has 0 aliphatic heterocycles. The van der Waals surface area contributed by atoms with Gasteiger partial charge < -0.3 is 31.3 Å². The average Bonchev–Trinajstić information content (AvgIpc) is 2.75. The Morgan fingerprint density at radius 2 is 1.64 bits per heavy atom. The number of carboxylic acid groups (broad SMARTS) is 2. The zero-order valence-electron chi connectivity index (χ0n) is 18.4. The maximum absolute atomic E-state index is 12.7. The summed E-state index contributed by atoms with van der Waals surface area (Å²) in [6.07, 6.45) is -1.15. The lowest BCUT2D eigenvalue weighted by atomic mass is 10.0. The SMILES string of the molecule is CC(C)[C@H](NC(=O)[C@@H](N)CCC(=O)O)C(=O)N[C@@H](CC(=O)O)C(=O)OCSc1ccccc1. The first-order chi connectivity index (χ1) is 15.5. The summed E-state index contributed by atoms with van der Waals surface area (Å²) < 4.78 is 5.11. The van der Waals surface area contributed by atoms with Crippen molar-refractivity contribution in [3.63, 3.8) is 0 Å². The molecule has 0 unspecified atom stereocenters. The first-order valence-electron chi connectivity index (χ1n) is 10.2. The number of rotatable bonds is 14. The van der Waals surface area contributed by atoms with Crippen molar-refractivity contribution in [2.75, 3.05) is 5.94 Å². The number of nitrogens with one attached hydrogen (secondary N) is 2. The van der Waals surface area contributed by atoms with Gasteiger partial charge in [-0.1, -0.05) is 43.8 Å². The summed E-state index contributed by atoms with van der Waals surface area (Å²) in [6.45, 7) is 3.27. The number of hydrogen-bond donors (Lipinski definition) is 5. The van der Waals surface area contributed by atoms with Gasteiger partial charge >= 0.3 is 17.9 Å². The Kier molecular flexibility index (Phi) is 11.9. The second-order valence-corrected chi connectivity index (χ2v) is 8.46. The highest BCUT2D eigenvalue weighted by atomic mass is 32.2. The van der Waals surface area contributed by atoms with E-state index in [1.54, 1.807) is 13.8 Å². The van der Waals surface area contributed by atoms with Crippen LogP contribution in [-0.4, -0.2) is 64.0 Å². The van der Waals surface area contributed by atoms with Crippen LogP contribution in [0.25, 0.3) is 0 Å². The van der Waals surface area contributed by atoms with E-state index in [0.29, 0.717) is 0 Å². The van der Waals surface area contributed by atoms with Gasteiger partial charge in [0, 0.05) is 11.3 Å². The number of benzene rings is 1. The highest BCUT2D eigenvalue weighted by molar-refractivity contribution is 7.99. The molecule has 0 saturated carbocycles. The molecule has 182 valence electrons. The normalized spacial score (nSPS) is 13.5. The van der Waals surface area contributed by atoms with Crippen molar-refractivity contribution < 1.29 is 38.9 Å². The van der Waals surface area contributed by atoms with Crippen LogP contribution in [0.5, 0.6) is 0 Å². The van der Waals surface area contributed by atoms with Crippen molar-refractivity contribution in [1.29, 1.82) is 0 Å². The van der Waals surface area contributed by atoms with Gasteiger partial charge in [0.2, 0.25) is 11.8 Å². The fourth-order valence-electron chi connectivity index (χ4n) is 2.61. The highest BCUT2D eigenvalue weighted by Gasteiger charge is 2.32. The summed E-state index contributed by atoms with van der Waals surface area (Å²) in [7, 11) is 0. The van der Waals surface area contributed by atoms with Crippen molar-refractivity contribution in [3.05, 3.63) is 30.3 Å². The van der Waals surface area contributed by atoms with E-state index in [1.165, 1.54) is 11.8 Å². The molecule has 1 aromatic rings. The predicted molar refractivity (Wildman–Crippen MR) is 119 cm³/mol. The van der Waals surface area contributed by atoms with Crippen LogP contribution >= 0.6 is 11.8 Å². The summed E-state index contributed by atoms with van der Waals surface area (Å²) in [5.74, 6) is -5.41. The van der Waals surface area contributed by atoms with Gasteiger partial charge in [-0.15, -0.1) is 0 Å². The Hall–Kier alpha value is -3.12. The Morgan fingerprint density at radius 1 is 1.00 bits per heavy atom. The number of nitrogens with two attached hydrogens (primary N) is 1. The van der Waals surface area contributed by atoms with E-state index >= 15 is 0 Å². The quantitative estimate of drug-likeness (QED) is 0.142. The lowest BCUT2D eigenvalue weighted by Gasteiger charge is -2.25. The molecule has 0 bridgehead atoms. The van der Waals surface area contributed by atoms with Gasteiger partial charge in [-0.2, -0.15) is 0 Å². The summed E-state index contributed by atoms with van der Waals surface area (Å²) >= 11 is 1.22. The van der Waals surface area contributed by atoms with E-state index in [1.807, 2.05) is 30.3 Å². The van der Waals surface area contributed by atoms with E-state index in [0.717, 1.165) is 4.90 Å². The fourth-order valence-corrected chi connectivity index (χ4v) is 3.27. The largest absolute Gasteiger partial charge is 0.481 e. The van der Waals surface area contributed by atoms with E-state index in [9.17, 15) is 24.0 Å². The van der Waals surface area contributed by atoms with Crippen molar-refractivity contribution in [2.24, 2.45) is 11.7 Å². The van der Waals surface area contributed by atoms with E-state index in [2.05, 4.69) is 10.6 Å². The molecule has 0 aliphatic carbocycles. The predicted octanol–water partition coefficient (Wildman–Crippen LogP) is 0.572. The summed E-state index contributed by atoms with van der Waals surface area (Å²) in [5.41, 5.74) is 5.67. The molecule has 33 heavy (non-hydrogen) atoms. The molecular weight excluding hydrogens is 454 g/mol. The molecule has 0 radical (unpaired) electrons. The maximum atomic E-state index is 12.7. The van der Waals surface area contributed by atoms with Gasteiger partial charge in [-0.25, -0.2) is 4.79 Å². The van der Waals surface area contributed by atoms with E-state index < -0.39 is 60.2 Å². The van der Waals surface area contributed by atoms with Gasteiger partial charge in [-0.3, -0.25) is 19.2 Å². The number of carboxylic acids is 2. The Labute approximate surface area is 195 Å². The van der Waals surface area contributed by atoms with Gasteiger partial charge in [0.25, 0.3) is 0 Å². The molecule has 1 aromatic carbocycles. The van der Waals surface area contributed by atoms with E-state index in [4.69, 9.17) is 20.7 Å². The molecule has 0 heterocycles. The molecule has 0 saturated heterocycles. The van der Waals surface area contributed by atoms with Gasteiger partial charge in [0.05, 0.1) is 12.5 Å². The number of esters is 1. The molecule has 12 heteroatoms. The number of thioether (sulfide) groups is 1. The minimum Gasteiger partial charge on any atom is -0.481 e. The first kappa shape index (κ1) is 27.9. The topological polar surface area (TPSA) is 185 Å². The van der Waals surface area contributed by atoms with Crippen LogP contribution in [0.4, 0.5) is 0 Å². The van der Waals surface area contributed by atoms with Crippen LogP contribution in [0, 0.1) is 5.92 Å². The van der Waals surface area contributed by atoms with Crippen molar-refractivity contribution in [2.45, 2.75) is 56.1 Å². The smallest absolute Gasteiger partial charge is 0.330 e. The van der Waals surface area contributed by atoms with Crippen LogP contribution in [0.3, 0.4) is 0 Å². The number of ether oxygens (including phenoxy) is 1. The molecule has 0 aliphatic rings. The lowest BCUT2D eigenvalue weighted by Crippen LogP contribution is -2.56. The number of carbonyl (C=O) groups excluding carboxylic acids is 3. The second kappa shape index (κ2) is 14.1. The average molecular weight is 484 g/mol. The lowest BCUT2D eigenvalue weighted by molar-refractivity contribution is -0.150. The number of hydrogen-bond acceptors (Lipinski definition) is 8. The second-order valence-electron chi connectivity index (χ2n) is 7.47. The molecule has 3 atom stereocenters. The zero-order valence-corrected chi connectivity index (χ0v) is 19.2. The van der Waals surface area contributed by atoms with Crippen molar-refractivity contribution >= 4 is 41.5 Å². The van der Waals surface area contributed by atoms with Gasteiger partial charge in [0.15, 0.2) is 0 Å². The van der Waals surface area contributed by atoms with Crippen molar-refractivity contribution in [1.82, 2.24) is 10.6 Å². The zero-order chi connectivity index (χ0) is 25.0. The van der Waals surface area contributed by atoms with Crippen LogP contribution in [0.1, 0.15) is 33.1 Å². The molecule has 0 spiro atoms. The molecular formula is C21H29N3O8S. The first-order valence-corrected chi connectivity index (χ1v) is 11.1. The summed E-state index contributed by atoms with van der Waals surface area (Å²) in [6, 6.07) is 5.33. The monoisotopic (exact) mass is 483 g/mol. The van der Waals surface area contributed by atoms with Crippen LogP contribution in [0.15, 0.2) is 35.2 Å². The Balaban J connectivity index is 2.75. The molecule has 2 amide bonds. The highest BCUT2D eigenvalue weighted by Crippen LogP contribution is 2.17. The molecule has 1 rings (SSSR count). The van der Waals surface area contributed by atoms with Crippen LogP contribution in [-0.2, 0) is 28.7 Å². The molecule has 6 N–H and O–H groups in total. The third kappa shape index (κ3) is 10.8. The minimum atomic E-state index is -1.47. The maximum Gasteiger partial charge on any atom is 0.330 e. The molecule has 11 nitrogen and oxygen atoms in total. The van der Waals surface area contributed by atoms with Crippen molar-refractivity contribution in [3.8, 4) is 0 Å². The number of carbonyl (C=O) groups is 5. The third-order valence-corrected chi connectivity index (χ3v) is 5.24. The van der Waals surface area contributed by atoms with E-state index in [-0.39, 0.29) is 18.8 Å². The summed E-state index contributed by atoms with van der Waals surface area (Å²) in [4.78, 5) is 60.1. The standard InChI is InChI=1S/C21H29N3O8S/c1-12(2)18(24-19(29)14(22)8-9-16(25)26)20(30)23-15(10-17(27)28)21(31)32-11-33-13-6-4-3-5-7-13/h3-7,12,14-15,18H,8-11,22H2,1-2H3,(H,23,30)(H,24,29)(H,25,26)(H,27,28)/t14-,15-,18-/m0/s1. The molecule has 0 aromatic heterocycles. The fraction of sp³-hybridized carbons (Fsp3) is 0.476. The van der Waals surface area contributed by atoms with Crippen LogP contribution < -0.4 is 16.4 Å². The van der Waals surface area contributed by atoms with Gasteiger partial charge in [-0.05, 0) is 24.5 Å². The third-order valence-electron chi connectivity index (χ3n) is 4.40.